The van der Waals surface area contributed by atoms with Crippen molar-refractivity contribution in [1.29, 1.82) is 0 Å². The molecule has 17 nitrogen and oxygen atoms in total. The Bertz CT molecular complexity index is 2550. The number of carbonyl (C=O) groups excluding carboxylic acids is 4. The third-order valence-electron chi connectivity index (χ3n) is 15.5. The van der Waals surface area contributed by atoms with Gasteiger partial charge in [-0.1, -0.05) is 256 Å². The smallest absolute Gasteiger partial charge is 0.462 e. The number of phosphoric ester groups is 2. The number of allylic oxidation sites excluding steroid dienone is 26. The topological polar surface area (TPSA) is 237 Å². The average Bonchev–Trinajstić information content (AvgIpc) is 0.994. The van der Waals surface area contributed by atoms with Crippen LogP contribution in [-0.2, 0) is 65.4 Å². The Morgan fingerprint density at radius 3 is 0.794 bits per heavy atom. The van der Waals surface area contributed by atoms with Crippen LogP contribution < -0.4 is 0 Å². The number of hydrogen-bond acceptors (Lipinski definition) is 15. The number of phosphoric acid groups is 2. The van der Waals surface area contributed by atoms with Crippen molar-refractivity contribution in [3.63, 3.8) is 0 Å². The lowest BCUT2D eigenvalue weighted by Crippen LogP contribution is -2.30. The Kier molecular flexibility index (Phi) is 70.1. The van der Waals surface area contributed by atoms with Crippen molar-refractivity contribution in [2.45, 2.75) is 303 Å². The average molecular weight is 1470 g/mol. The highest BCUT2D eigenvalue weighted by Crippen LogP contribution is 2.45. The lowest BCUT2D eigenvalue weighted by Gasteiger charge is -2.21. The molecule has 0 saturated carbocycles. The minimum absolute atomic E-state index is 0.0554. The van der Waals surface area contributed by atoms with Gasteiger partial charge in [0.15, 0.2) is 12.2 Å². The standard InChI is InChI=1S/C83H136O17P2/c1-5-9-13-17-21-25-29-32-35-38-41-44-48-51-55-59-63-67-80(85)93-73-78(99-82(87)69-65-61-57-53-47-28-24-20-16-12-8-4)75-97-101(89,90)95-71-77(84)72-96-102(91,92)98-76-79(100-83(88)70-66-62-58-54-50-46-43-40-37-34-31-27-23-19-15-11-7-3)74-94-81(86)68-64-60-56-52-49-45-42-39-36-33-30-26-22-18-14-10-6-2/h9-11,13-15,20-27,32-37,41-46,77-79,84H,5-8,12,16-19,28-31,38-40,47-76H2,1-4H3,(H,89,90)(H,91,92)/b13-9-,14-10-,15-11-,24-20-,25-21-,26-22-,27-23-,35-32-,36-33-,37-34-,44-41-,45-42-,46-43-. The third kappa shape index (κ3) is 73.0. The summed E-state index contributed by atoms with van der Waals surface area (Å²) < 4.78 is 68.4. The number of aliphatic hydroxyl groups is 1. The van der Waals surface area contributed by atoms with Crippen molar-refractivity contribution in [2.24, 2.45) is 0 Å². The van der Waals surface area contributed by atoms with Gasteiger partial charge in [0.2, 0.25) is 0 Å². The van der Waals surface area contributed by atoms with Gasteiger partial charge in [0.25, 0.3) is 0 Å². The van der Waals surface area contributed by atoms with E-state index < -0.39 is 97.5 Å². The highest BCUT2D eigenvalue weighted by Gasteiger charge is 2.30. The summed E-state index contributed by atoms with van der Waals surface area (Å²) in [5.41, 5.74) is 0. The quantitative estimate of drug-likeness (QED) is 0.0169. The first-order valence-corrected chi connectivity index (χ1v) is 41.7. The summed E-state index contributed by atoms with van der Waals surface area (Å²) in [6.45, 7) is 4.38. The molecular weight excluding hydrogens is 1330 g/mol. The monoisotopic (exact) mass is 1470 g/mol. The lowest BCUT2D eigenvalue weighted by atomic mass is 10.1. The first-order chi connectivity index (χ1) is 49.7. The minimum Gasteiger partial charge on any atom is -0.462 e. The number of aliphatic hydroxyl groups excluding tert-OH is 1. The Labute approximate surface area is 617 Å². The van der Waals surface area contributed by atoms with Crippen molar-refractivity contribution in [3.05, 3.63) is 158 Å². The molecule has 0 rings (SSSR count). The van der Waals surface area contributed by atoms with Crippen molar-refractivity contribution >= 4 is 39.5 Å². The normalized spacial score (nSPS) is 14.8. The molecule has 0 fully saturated rings. The lowest BCUT2D eigenvalue weighted by molar-refractivity contribution is -0.161. The number of carbonyl (C=O) groups is 4. The summed E-state index contributed by atoms with van der Waals surface area (Å²) in [6.07, 6.45) is 85.2. The summed E-state index contributed by atoms with van der Waals surface area (Å²) in [5, 5.41) is 10.6. The first-order valence-electron chi connectivity index (χ1n) is 38.7. The maximum atomic E-state index is 13.1. The molecule has 0 bridgehead atoms. The molecule has 0 spiro atoms. The van der Waals surface area contributed by atoms with E-state index in [2.05, 4.69) is 186 Å². The molecule has 5 atom stereocenters. The fraction of sp³-hybridized carbons (Fsp3) is 0.639. The molecular formula is C83H136O17P2. The van der Waals surface area contributed by atoms with E-state index in [1.54, 1.807) is 0 Å². The fourth-order valence-electron chi connectivity index (χ4n) is 9.64. The van der Waals surface area contributed by atoms with Crippen LogP contribution in [0.3, 0.4) is 0 Å². The Hall–Kier alpha value is -5.32. The Morgan fingerprint density at radius 2 is 0.510 bits per heavy atom. The molecule has 0 aliphatic rings. The second kappa shape index (κ2) is 74.0. The van der Waals surface area contributed by atoms with Gasteiger partial charge in [-0.3, -0.25) is 37.3 Å². The molecule has 0 radical (unpaired) electrons. The Balaban J connectivity index is 5.42. The van der Waals surface area contributed by atoms with Crippen LogP contribution in [0.4, 0.5) is 0 Å². The van der Waals surface area contributed by atoms with Gasteiger partial charge in [0.1, 0.15) is 19.3 Å². The molecule has 5 unspecified atom stereocenters. The summed E-state index contributed by atoms with van der Waals surface area (Å²) in [7, 11) is -9.99. The Morgan fingerprint density at radius 1 is 0.284 bits per heavy atom. The largest absolute Gasteiger partial charge is 0.472 e. The highest BCUT2D eigenvalue weighted by atomic mass is 31.2. The zero-order valence-electron chi connectivity index (χ0n) is 63.2. The van der Waals surface area contributed by atoms with E-state index in [0.29, 0.717) is 25.7 Å². The molecule has 0 amide bonds. The summed E-state index contributed by atoms with van der Waals surface area (Å²) in [4.78, 5) is 72.9. The van der Waals surface area contributed by atoms with Crippen molar-refractivity contribution < 1.29 is 80.2 Å². The number of rotatable bonds is 71. The van der Waals surface area contributed by atoms with Gasteiger partial charge in [0.05, 0.1) is 26.4 Å². The molecule has 0 aliphatic heterocycles. The van der Waals surface area contributed by atoms with E-state index >= 15 is 0 Å². The van der Waals surface area contributed by atoms with Gasteiger partial charge in [-0.25, -0.2) is 9.13 Å². The summed E-state index contributed by atoms with van der Waals surface area (Å²) in [5.74, 6) is -2.28. The predicted molar refractivity (Wildman–Crippen MR) is 417 cm³/mol. The van der Waals surface area contributed by atoms with Crippen LogP contribution in [0.1, 0.15) is 285 Å². The van der Waals surface area contributed by atoms with Gasteiger partial charge in [-0.05, 0) is 161 Å². The van der Waals surface area contributed by atoms with E-state index in [0.717, 1.165) is 193 Å². The summed E-state index contributed by atoms with van der Waals surface area (Å²) in [6, 6.07) is 0. The fourth-order valence-corrected chi connectivity index (χ4v) is 11.2. The van der Waals surface area contributed by atoms with Crippen LogP contribution >= 0.6 is 15.6 Å². The maximum Gasteiger partial charge on any atom is 0.472 e. The van der Waals surface area contributed by atoms with Crippen molar-refractivity contribution in [3.8, 4) is 0 Å². The van der Waals surface area contributed by atoms with Gasteiger partial charge >= 0.3 is 39.5 Å². The van der Waals surface area contributed by atoms with Gasteiger partial charge in [0, 0.05) is 25.7 Å². The van der Waals surface area contributed by atoms with E-state index in [1.807, 2.05) is 0 Å². The second-order valence-electron chi connectivity index (χ2n) is 25.1. The van der Waals surface area contributed by atoms with Crippen LogP contribution in [0, 0.1) is 0 Å². The maximum absolute atomic E-state index is 13.1. The molecule has 0 aromatic rings. The second-order valence-corrected chi connectivity index (χ2v) is 28.1. The third-order valence-corrected chi connectivity index (χ3v) is 17.4. The molecule has 0 saturated heterocycles. The van der Waals surface area contributed by atoms with Crippen LogP contribution in [0.2, 0.25) is 0 Å². The molecule has 580 valence electrons. The minimum atomic E-state index is -5.00. The number of ether oxygens (including phenoxy) is 4. The van der Waals surface area contributed by atoms with Crippen LogP contribution in [0.25, 0.3) is 0 Å². The van der Waals surface area contributed by atoms with Crippen molar-refractivity contribution in [1.82, 2.24) is 0 Å². The van der Waals surface area contributed by atoms with Crippen LogP contribution in [0.15, 0.2) is 158 Å². The first kappa shape index (κ1) is 96.7. The van der Waals surface area contributed by atoms with Gasteiger partial charge < -0.3 is 33.8 Å². The number of esters is 4. The molecule has 19 heteroatoms. The van der Waals surface area contributed by atoms with E-state index in [-0.39, 0.29) is 25.7 Å². The number of hydrogen-bond donors (Lipinski definition) is 3. The summed E-state index contributed by atoms with van der Waals surface area (Å²) >= 11 is 0. The molecule has 0 aromatic heterocycles. The van der Waals surface area contributed by atoms with E-state index in [9.17, 15) is 43.2 Å². The predicted octanol–water partition coefficient (Wildman–Crippen LogP) is 22.4. The zero-order valence-corrected chi connectivity index (χ0v) is 65.0. The molecule has 0 aliphatic carbocycles. The molecule has 102 heavy (non-hydrogen) atoms. The van der Waals surface area contributed by atoms with E-state index in [1.165, 1.54) is 12.8 Å². The zero-order chi connectivity index (χ0) is 74.6. The van der Waals surface area contributed by atoms with Crippen molar-refractivity contribution in [2.75, 3.05) is 39.6 Å². The van der Waals surface area contributed by atoms with E-state index in [4.69, 9.17) is 37.0 Å². The van der Waals surface area contributed by atoms with Crippen LogP contribution in [-0.4, -0.2) is 96.7 Å². The van der Waals surface area contributed by atoms with Gasteiger partial charge in [-0.2, -0.15) is 0 Å². The van der Waals surface area contributed by atoms with Crippen LogP contribution in [0.5, 0.6) is 0 Å². The highest BCUT2D eigenvalue weighted by molar-refractivity contribution is 7.47. The number of unbranched alkanes of at least 4 members (excludes halogenated alkanes) is 19. The molecule has 0 aromatic carbocycles. The molecule has 3 N–H and O–H groups in total. The molecule has 0 heterocycles. The van der Waals surface area contributed by atoms with Gasteiger partial charge in [-0.15, -0.1) is 0 Å². The SMILES string of the molecule is CC/C=C\C/C=C\C/C=C\C/C=C\CCCCCCC(=O)OCC(COP(=O)(O)OCC(O)COP(=O)(O)OCC(COC(=O)CCCCCC/C=C\C/C=C\C/C=C\C/C=C\CC)OC(=O)CCCCCCC/C=C\CCCC)OC(=O)CCCCCC/C=C\C/C=C\C/C=C\C/C=C\CC.